The summed E-state index contributed by atoms with van der Waals surface area (Å²) in [5, 5.41) is 5.69. The lowest BCUT2D eigenvalue weighted by Gasteiger charge is -2.37. The van der Waals surface area contributed by atoms with Gasteiger partial charge in [0.1, 0.15) is 0 Å². The molecule has 0 atom stereocenters. The van der Waals surface area contributed by atoms with E-state index in [0.29, 0.717) is 10.7 Å². The Morgan fingerprint density at radius 1 is 1.07 bits per heavy atom. The van der Waals surface area contributed by atoms with Crippen LogP contribution in [0.3, 0.4) is 0 Å². The average molecular weight is 441 g/mol. The fourth-order valence-corrected chi connectivity index (χ4v) is 3.80. The number of nitrogens with zero attached hydrogens (tertiary/aromatic N) is 2. The van der Waals surface area contributed by atoms with Crippen molar-refractivity contribution in [2.24, 2.45) is 0 Å². The molecule has 1 saturated heterocycles. The molecule has 2 N–H and O–H groups in total. The summed E-state index contributed by atoms with van der Waals surface area (Å²) < 4.78 is 38.6. The molecule has 0 saturated carbocycles. The van der Waals surface area contributed by atoms with Crippen LogP contribution >= 0.6 is 11.6 Å². The number of nitrogens with one attached hydrogen (secondary N) is 2. The Kier molecular flexibility index (Phi) is 7.10. The Morgan fingerprint density at radius 2 is 1.77 bits per heavy atom. The van der Waals surface area contributed by atoms with Gasteiger partial charge in [-0.2, -0.15) is 13.2 Å². The van der Waals surface area contributed by atoms with Crippen LogP contribution in [0.5, 0.6) is 0 Å². The maximum absolute atomic E-state index is 12.9. The number of para-hydroxylation sites is 1. The van der Waals surface area contributed by atoms with Crippen LogP contribution in [0.1, 0.15) is 18.9 Å². The van der Waals surface area contributed by atoms with E-state index in [1.807, 2.05) is 0 Å². The molecule has 0 unspecified atom stereocenters. The number of carbonyl (C=O) groups excluding carboxylic acids is 1. The number of amides is 2. The lowest BCUT2D eigenvalue weighted by molar-refractivity contribution is -0.137. The Hall–Kier alpha value is -2.45. The highest BCUT2D eigenvalue weighted by Crippen LogP contribution is 2.35. The highest BCUT2D eigenvalue weighted by Gasteiger charge is 2.30. The largest absolute Gasteiger partial charge is 0.416 e. The number of hydrogen-bond donors (Lipinski definition) is 2. The topological polar surface area (TPSA) is 47.6 Å². The molecule has 0 aliphatic carbocycles. The maximum atomic E-state index is 12.9. The molecule has 162 valence electrons. The highest BCUT2D eigenvalue weighted by atomic mass is 35.5. The average Bonchev–Trinajstić information content (AvgIpc) is 2.69. The highest BCUT2D eigenvalue weighted by molar-refractivity contribution is 6.34. The van der Waals surface area contributed by atoms with Gasteiger partial charge in [-0.15, -0.1) is 0 Å². The van der Waals surface area contributed by atoms with Crippen LogP contribution in [0.2, 0.25) is 5.02 Å². The second kappa shape index (κ2) is 9.57. The number of halogens is 4. The van der Waals surface area contributed by atoms with E-state index >= 15 is 0 Å². The molecule has 0 bridgehead atoms. The quantitative estimate of drug-likeness (QED) is 0.642. The molecular formula is C21H24ClF3N4O. The van der Waals surface area contributed by atoms with Crippen LogP contribution in [0.15, 0.2) is 42.5 Å². The number of alkyl halides is 3. The summed E-state index contributed by atoms with van der Waals surface area (Å²) >= 11 is 6.42. The number of piperazine rings is 1. The first-order valence-electron chi connectivity index (χ1n) is 9.79. The maximum Gasteiger partial charge on any atom is 0.416 e. The molecule has 5 nitrogen and oxygen atoms in total. The summed E-state index contributed by atoms with van der Waals surface area (Å²) in [5.74, 6) is 0. The van der Waals surface area contributed by atoms with Gasteiger partial charge in [0.15, 0.2) is 0 Å². The monoisotopic (exact) mass is 440 g/mol. The smallest absolute Gasteiger partial charge is 0.366 e. The SMILES string of the molecule is CCCN1CCN(c2c(Cl)cccc2NC(=O)Nc2cccc(C(F)(F)F)c2)CC1. The molecule has 3 rings (SSSR count). The minimum absolute atomic E-state index is 0.0547. The lowest BCUT2D eigenvalue weighted by atomic mass is 10.2. The molecule has 1 heterocycles. The van der Waals surface area contributed by atoms with E-state index in [1.54, 1.807) is 18.2 Å². The molecule has 0 radical (unpaired) electrons. The van der Waals surface area contributed by atoms with Crippen LogP contribution in [0.4, 0.5) is 35.0 Å². The minimum Gasteiger partial charge on any atom is -0.366 e. The standard InChI is InChI=1S/C21H24ClF3N4O/c1-2-9-28-10-12-29(13-11-28)19-17(22)7-4-8-18(19)27-20(30)26-16-6-3-5-15(14-16)21(23,24)25/h3-8,14H,2,9-13H2,1H3,(H2,26,27,30). The fourth-order valence-electron chi connectivity index (χ4n) is 3.51. The Morgan fingerprint density at radius 3 is 2.43 bits per heavy atom. The van der Waals surface area contributed by atoms with Gasteiger partial charge in [0.05, 0.1) is 22.0 Å². The van der Waals surface area contributed by atoms with E-state index in [4.69, 9.17) is 11.6 Å². The van der Waals surface area contributed by atoms with E-state index in [9.17, 15) is 18.0 Å². The van der Waals surface area contributed by atoms with Gasteiger partial charge < -0.3 is 15.5 Å². The first-order valence-corrected chi connectivity index (χ1v) is 10.2. The molecular weight excluding hydrogens is 417 g/mol. The normalized spacial score (nSPS) is 15.2. The summed E-state index contributed by atoms with van der Waals surface area (Å²) in [6.45, 7) is 6.53. The number of urea groups is 1. The minimum atomic E-state index is -4.48. The first kappa shape index (κ1) is 22.2. The van der Waals surface area contributed by atoms with Crippen molar-refractivity contribution in [2.75, 3.05) is 48.3 Å². The van der Waals surface area contributed by atoms with E-state index < -0.39 is 17.8 Å². The van der Waals surface area contributed by atoms with Crippen molar-refractivity contribution in [1.82, 2.24) is 4.90 Å². The van der Waals surface area contributed by atoms with Crippen LogP contribution in [-0.2, 0) is 6.18 Å². The van der Waals surface area contributed by atoms with Gasteiger partial charge in [-0.1, -0.05) is 30.7 Å². The zero-order chi connectivity index (χ0) is 21.7. The van der Waals surface area contributed by atoms with Crippen LogP contribution < -0.4 is 15.5 Å². The second-order valence-electron chi connectivity index (χ2n) is 7.12. The fraction of sp³-hybridized carbons (Fsp3) is 0.381. The van der Waals surface area contributed by atoms with Crippen molar-refractivity contribution >= 4 is 34.7 Å². The van der Waals surface area contributed by atoms with Gasteiger partial charge >= 0.3 is 12.2 Å². The molecule has 2 aromatic carbocycles. The third-order valence-electron chi connectivity index (χ3n) is 4.91. The van der Waals surface area contributed by atoms with Crippen LogP contribution in [0.25, 0.3) is 0 Å². The van der Waals surface area contributed by atoms with Crippen LogP contribution in [0, 0.1) is 0 Å². The predicted molar refractivity (Wildman–Crippen MR) is 114 cm³/mol. The first-order chi connectivity index (χ1) is 14.3. The Bertz CT molecular complexity index is 883. The van der Waals surface area contributed by atoms with Crippen molar-refractivity contribution in [3.8, 4) is 0 Å². The zero-order valence-electron chi connectivity index (χ0n) is 16.6. The molecule has 0 aromatic heterocycles. The van der Waals surface area contributed by atoms with Crippen molar-refractivity contribution in [3.05, 3.63) is 53.1 Å². The van der Waals surface area contributed by atoms with E-state index in [1.165, 1.54) is 12.1 Å². The van der Waals surface area contributed by atoms with Crippen molar-refractivity contribution in [1.29, 1.82) is 0 Å². The molecule has 1 aliphatic heterocycles. The van der Waals surface area contributed by atoms with E-state index in [2.05, 4.69) is 27.4 Å². The van der Waals surface area contributed by atoms with Gasteiger partial charge in [-0.05, 0) is 43.3 Å². The lowest BCUT2D eigenvalue weighted by Crippen LogP contribution is -2.46. The second-order valence-corrected chi connectivity index (χ2v) is 7.53. The van der Waals surface area contributed by atoms with Gasteiger partial charge in [-0.3, -0.25) is 4.90 Å². The van der Waals surface area contributed by atoms with Gasteiger partial charge in [-0.25, -0.2) is 4.79 Å². The summed E-state index contributed by atoms with van der Waals surface area (Å²) in [6.07, 6.45) is -3.39. The van der Waals surface area contributed by atoms with Gasteiger partial charge in [0.2, 0.25) is 0 Å². The Labute approximate surface area is 178 Å². The number of rotatable bonds is 5. The number of anilines is 3. The predicted octanol–water partition coefficient (Wildman–Crippen LogP) is 5.53. The molecule has 2 aromatic rings. The van der Waals surface area contributed by atoms with Crippen molar-refractivity contribution in [3.63, 3.8) is 0 Å². The molecule has 1 aliphatic rings. The third-order valence-corrected chi connectivity index (χ3v) is 5.22. The van der Waals surface area contributed by atoms with Crippen LogP contribution in [-0.4, -0.2) is 43.7 Å². The van der Waals surface area contributed by atoms with Gasteiger partial charge in [0.25, 0.3) is 0 Å². The van der Waals surface area contributed by atoms with Crippen molar-refractivity contribution in [2.45, 2.75) is 19.5 Å². The molecule has 0 spiro atoms. The van der Waals surface area contributed by atoms with E-state index in [-0.39, 0.29) is 5.69 Å². The van der Waals surface area contributed by atoms with Crippen molar-refractivity contribution < 1.29 is 18.0 Å². The number of benzene rings is 2. The molecule has 9 heteroatoms. The zero-order valence-corrected chi connectivity index (χ0v) is 17.4. The molecule has 1 fully saturated rings. The van der Waals surface area contributed by atoms with E-state index in [0.717, 1.165) is 57.0 Å². The Balaban J connectivity index is 1.71. The summed E-state index contributed by atoms with van der Waals surface area (Å²) in [6, 6.07) is 9.07. The number of carbonyl (C=O) groups is 1. The third kappa shape index (κ3) is 5.58. The summed E-state index contributed by atoms with van der Waals surface area (Å²) in [7, 11) is 0. The summed E-state index contributed by atoms with van der Waals surface area (Å²) in [4.78, 5) is 16.9. The van der Waals surface area contributed by atoms with Gasteiger partial charge in [0, 0.05) is 31.9 Å². The number of hydrogen-bond acceptors (Lipinski definition) is 3. The molecule has 30 heavy (non-hydrogen) atoms. The molecule has 2 amide bonds. The summed E-state index contributed by atoms with van der Waals surface area (Å²) in [5.41, 5.74) is 0.457.